The molecule has 7 N–H and O–H groups in total. The number of hydrogen-bond donors (Lipinski definition) is 7. The van der Waals surface area contributed by atoms with Gasteiger partial charge in [-0.3, -0.25) is 4.79 Å². The van der Waals surface area contributed by atoms with Crippen LogP contribution in [0, 0.1) is 0 Å². The average molecular weight is 663 g/mol. The van der Waals surface area contributed by atoms with E-state index in [9.17, 15) is 40.5 Å². The Labute approximate surface area is 274 Å². The summed E-state index contributed by atoms with van der Waals surface area (Å²) in [6.45, 7) is 0.147. The summed E-state index contributed by atoms with van der Waals surface area (Å²) < 4.78 is 21.5. The minimum absolute atomic E-state index is 0.189. The van der Waals surface area contributed by atoms with Gasteiger partial charge in [0.05, 0.1) is 6.61 Å². The van der Waals surface area contributed by atoms with E-state index in [1.54, 1.807) is 0 Å². The van der Waals surface area contributed by atoms with E-state index in [2.05, 4.69) is 19.1 Å². The first-order chi connectivity index (χ1) is 22.2. The third-order valence-electron chi connectivity index (χ3n) is 8.94. The summed E-state index contributed by atoms with van der Waals surface area (Å²) >= 11 is 0. The van der Waals surface area contributed by atoms with E-state index in [-0.39, 0.29) is 6.42 Å². The van der Waals surface area contributed by atoms with E-state index in [4.69, 9.17) is 18.9 Å². The van der Waals surface area contributed by atoms with Gasteiger partial charge in [0.25, 0.3) is 0 Å². The zero-order valence-electron chi connectivity index (χ0n) is 27.8. The SMILES string of the molecule is CCCCCCCC/C=C\CCCCCCCCCCCC(=O)OC[C@H]1O[C@H](O[C@]2(CO)O[C@H](CO)[C@@H](O)[C@@H]2O)[C@H](O)[C@@H](O)[C@@H]1O. The smallest absolute Gasteiger partial charge is 0.305 e. The summed E-state index contributed by atoms with van der Waals surface area (Å²) in [7, 11) is 0. The molecule has 2 aliphatic rings. The van der Waals surface area contributed by atoms with Gasteiger partial charge in [-0.1, -0.05) is 96.1 Å². The van der Waals surface area contributed by atoms with Crippen molar-refractivity contribution in [3.63, 3.8) is 0 Å². The second kappa shape index (κ2) is 23.2. The molecule has 0 aromatic rings. The van der Waals surface area contributed by atoms with Gasteiger partial charge >= 0.3 is 5.97 Å². The zero-order chi connectivity index (χ0) is 33.8. The Morgan fingerprint density at radius 3 is 1.76 bits per heavy atom. The lowest BCUT2D eigenvalue weighted by Crippen LogP contribution is -2.62. The predicted octanol–water partition coefficient (Wildman–Crippen LogP) is 2.75. The van der Waals surface area contributed by atoms with E-state index in [1.165, 1.54) is 83.5 Å². The highest BCUT2D eigenvalue weighted by atomic mass is 16.8. The van der Waals surface area contributed by atoms with Crippen LogP contribution >= 0.6 is 0 Å². The summed E-state index contributed by atoms with van der Waals surface area (Å²) in [5.41, 5.74) is 0. The maximum Gasteiger partial charge on any atom is 0.305 e. The second-order valence-electron chi connectivity index (χ2n) is 12.8. The molecule has 0 saturated carbocycles. The Morgan fingerprint density at radius 1 is 0.696 bits per heavy atom. The normalized spacial score (nSPS) is 31.6. The van der Waals surface area contributed by atoms with Crippen LogP contribution in [-0.4, -0.2) is 116 Å². The van der Waals surface area contributed by atoms with Crippen molar-refractivity contribution in [2.24, 2.45) is 0 Å². The van der Waals surface area contributed by atoms with E-state index >= 15 is 0 Å². The molecule has 0 aliphatic carbocycles. The van der Waals surface area contributed by atoms with Crippen LogP contribution in [-0.2, 0) is 23.7 Å². The molecule has 0 radical (unpaired) electrons. The van der Waals surface area contributed by atoms with Crippen LogP contribution in [0.2, 0.25) is 0 Å². The molecule has 0 aromatic carbocycles. The van der Waals surface area contributed by atoms with Crippen molar-refractivity contribution in [1.29, 1.82) is 0 Å². The molecule has 2 heterocycles. The maximum absolute atomic E-state index is 12.3. The summed E-state index contributed by atoms with van der Waals surface area (Å²) in [5, 5.41) is 70.6. The topological polar surface area (TPSA) is 196 Å². The third-order valence-corrected chi connectivity index (χ3v) is 8.94. The van der Waals surface area contributed by atoms with Crippen molar-refractivity contribution >= 4 is 5.97 Å². The molecular weight excluding hydrogens is 600 g/mol. The predicted molar refractivity (Wildman–Crippen MR) is 170 cm³/mol. The third kappa shape index (κ3) is 13.7. The zero-order valence-corrected chi connectivity index (χ0v) is 27.8. The fourth-order valence-electron chi connectivity index (χ4n) is 5.91. The number of rotatable bonds is 25. The first-order valence-corrected chi connectivity index (χ1v) is 17.6. The van der Waals surface area contributed by atoms with Gasteiger partial charge in [0, 0.05) is 6.42 Å². The number of carbonyl (C=O) groups excluding carboxylic acids is 1. The maximum atomic E-state index is 12.3. The van der Waals surface area contributed by atoms with Crippen LogP contribution in [0.5, 0.6) is 0 Å². The molecule has 0 amide bonds. The first-order valence-electron chi connectivity index (χ1n) is 17.6. The highest BCUT2D eigenvalue weighted by Gasteiger charge is 2.58. The fourth-order valence-corrected chi connectivity index (χ4v) is 5.91. The molecule has 270 valence electrons. The van der Waals surface area contributed by atoms with Gasteiger partial charge < -0.3 is 54.7 Å². The van der Waals surface area contributed by atoms with Crippen LogP contribution in [0.3, 0.4) is 0 Å². The van der Waals surface area contributed by atoms with E-state index in [0.717, 1.165) is 19.3 Å². The van der Waals surface area contributed by atoms with Gasteiger partial charge in [-0.25, -0.2) is 0 Å². The minimum atomic E-state index is -2.27. The number of ether oxygens (including phenoxy) is 4. The van der Waals surface area contributed by atoms with Crippen molar-refractivity contribution in [3.8, 4) is 0 Å². The Morgan fingerprint density at radius 2 is 1.24 bits per heavy atom. The van der Waals surface area contributed by atoms with E-state index in [1.807, 2.05) is 0 Å². The number of aliphatic hydroxyl groups excluding tert-OH is 7. The van der Waals surface area contributed by atoms with Gasteiger partial charge in [0.2, 0.25) is 5.79 Å². The highest BCUT2D eigenvalue weighted by Crippen LogP contribution is 2.36. The monoisotopic (exact) mass is 662 g/mol. The lowest BCUT2D eigenvalue weighted by Gasteiger charge is -2.43. The summed E-state index contributed by atoms with van der Waals surface area (Å²) in [4.78, 5) is 12.3. The Bertz CT molecular complexity index is 828. The summed E-state index contributed by atoms with van der Waals surface area (Å²) in [6.07, 6.45) is 12.3. The van der Waals surface area contributed by atoms with Crippen LogP contribution in [0.15, 0.2) is 12.2 Å². The van der Waals surface area contributed by atoms with Crippen LogP contribution in [0.25, 0.3) is 0 Å². The van der Waals surface area contributed by atoms with Gasteiger partial charge in [-0.15, -0.1) is 0 Å². The van der Waals surface area contributed by atoms with E-state index in [0.29, 0.717) is 6.42 Å². The molecule has 2 aliphatic heterocycles. The van der Waals surface area contributed by atoms with Crippen LogP contribution in [0.1, 0.15) is 122 Å². The van der Waals surface area contributed by atoms with Crippen molar-refractivity contribution in [2.75, 3.05) is 19.8 Å². The Hall–Kier alpha value is -1.19. The van der Waals surface area contributed by atoms with Crippen molar-refractivity contribution in [2.45, 2.75) is 177 Å². The minimum Gasteiger partial charge on any atom is -0.463 e. The van der Waals surface area contributed by atoms with Gasteiger partial charge in [-0.05, 0) is 32.1 Å². The largest absolute Gasteiger partial charge is 0.463 e. The van der Waals surface area contributed by atoms with Crippen molar-refractivity contribution < 1.29 is 59.5 Å². The number of hydrogen-bond acceptors (Lipinski definition) is 12. The second-order valence-corrected chi connectivity index (χ2v) is 12.8. The van der Waals surface area contributed by atoms with E-state index < -0.39 is 80.6 Å². The molecule has 2 fully saturated rings. The molecular formula is C34H62O12. The molecule has 9 atom stereocenters. The summed E-state index contributed by atoms with van der Waals surface area (Å²) in [6, 6.07) is 0. The number of unbranched alkanes of at least 4 members (excludes halogenated alkanes) is 15. The average Bonchev–Trinajstić information content (AvgIpc) is 3.30. The molecule has 0 aromatic heterocycles. The fraction of sp³-hybridized carbons (Fsp3) is 0.912. The van der Waals surface area contributed by atoms with Crippen LogP contribution in [0.4, 0.5) is 0 Å². The van der Waals surface area contributed by atoms with Crippen LogP contribution < -0.4 is 0 Å². The lowest BCUT2D eigenvalue weighted by atomic mass is 9.99. The first kappa shape index (κ1) is 41.0. The molecule has 46 heavy (non-hydrogen) atoms. The standard InChI is InChI=1S/C34H62O12/c1-2-3-4-5-6-7-8-9-10-11-12-13-14-15-16-17-18-19-20-21-27(37)43-23-26-28(38)30(40)31(41)33(44-26)46-34(24-36)32(42)29(39)25(22-35)45-34/h9-10,25-26,28-33,35-36,38-42H,2-8,11-24H2,1H3/b10-9-/t25-,26-,28-,29-,30+,31-,32+,33-,34+/m1/s1. The quantitative estimate of drug-likeness (QED) is 0.0430. The van der Waals surface area contributed by atoms with Gasteiger partial charge in [0.1, 0.15) is 55.9 Å². The highest BCUT2D eigenvalue weighted by molar-refractivity contribution is 5.69. The Balaban J connectivity index is 1.54. The molecule has 0 spiro atoms. The Kier molecular flexibility index (Phi) is 20.7. The van der Waals surface area contributed by atoms with Crippen molar-refractivity contribution in [1.82, 2.24) is 0 Å². The molecule has 12 heteroatoms. The number of carbonyl (C=O) groups is 1. The summed E-state index contributed by atoms with van der Waals surface area (Å²) in [5.74, 6) is -2.77. The molecule has 12 nitrogen and oxygen atoms in total. The molecule has 2 saturated heterocycles. The van der Waals surface area contributed by atoms with Crippen molar-refractivity contribution in [3.05, 3.63) is 12.2 Å². The number of allylic oxidation sites excluding steroid dienone is 2. The van der Waals surface area contributed by atoms with Gasteiger partial charge in [-0.2, -0.15) is 0 Å². The lowest BCUT2D eigenvalue weighted by molar-refractivity contribution is -0.383. The number of esters is 1. The molecule has 2 rings (SSSR count). The van der Waals surface area contributed by atoms with Gasteiger partial charge in [0.15, 0.2) is 6.29 Å². The molecule has 0 unspecified atom stereocenters. The molecule has 0 bridgehead atoms. The number of aliphatic hydroxyl groups is 7.